The number of H-pyrrole nitrogens is 1. The second-order valence-electron chi connectivity index (χ2n) is 5.65. The van der Waals surface area contributed by atoms with Crippen LogP contribution >= 0.6 is 0 Å². The van der Waals surface area contributed by atoms with Gasteiger partial charge in [0, 0.05) is 6.54 Å². The molecule has 1 N–H and O–H groups in total. The van der Waals surface area contributed by atoms with Crippen LogP contribution in [0, 0.1) is 12.8 Å². The predicted octanol–water partition coefficient (Wildman–Crippen LogP) is 1.55. The highest BCUT2D eigenvalue weighted by Gasteiger charge is 2.18. The molecule has 0 spiro atoms. The van der Waals surface area contributed by atoms with Crippen LogP contribution < -0.4 is 11.2 Å². The van der Waals surface area contributed by atoms with Crippen molar-refractivity contribution in [2.45, 2.75) is 27.3 Å². The summed E-state index contributed by atoms with van der Waals surface area (Å²) < 4.78 is 1.91. The van der Waals surface area contributed by atoms with Crippen LogP contribution in [0.4, 0.5) is 0 Å². The molecular formula is C15H16N4O2. The van der Waals surface area contributed by atoms with Crippen molar-refractivity contribution in [3.63, 3.8) is 0 Å². The van der Waals surface area contributed by atoms with Gasteiger partial charge in [0.15, 0.2) is 11.5 Å². The number of benzene rings is 1. The van der Waals surface area contributed by atoms with Crippen LogP contribution in [0.5, 0.6) is 0 Å². The summed E-state index contributed by atoms with van der Waals surface area (Å²) in [5.41, 5.74) is 1.76. The minimum absolute atomic E-state index is 0.201. The number of hydrogen-bond acceptors (Lipinski definition) is 4. The maximum Gasteiger partial charge on any atom is 0.349 e. The molecule has 0 unspecified atom stereocenters. The van der Waals surface area contributed by atoms with Crippen molar-refractivity contribution in [3.8, 4) is 11.5 Å². The first kappa shape index (κ1) is 13.5. The Morgan fingerprint density at radius 2 is 2.00 bits per heavy atom. The molecule has 0 amide bonds. The molecule has 21 heavy (non-hydrogen) atoms. The van der Waals surface area contributed by atoms with E-state index < -0.39 is 11.2 Å². The van der Waals surface area contributed by atoms with E-state index in [0.717, 1.165) is 16.6 Å². The largest absolute Gasteiger partial charge is 0.349 e. The van der Waals surface area contributed by atoms with E-state index in [-0.39, 0.29) is 5.69 Å². The quantitative estimate of drug-likeness (QED) is 0.724. The van der Waals surface area contributed by atoms with Gasteiger partial charge in [0.1, 0.15) is 0 Å². The highest BCUT2D eigenvalue weighted by Crippen LogP contribution is 2.22. The second-order valence-corrected chi connectivity index (χ2v) is 5.65. The van der Waals surface area contributed by atoms with Crippen LogP contribution in [0.2, 0.25) is 0 Å². The first-order chi connectivity index (χ1) is 9.95. The van der Waals surface area contributed by atoms with Gasteiger partial charge in [-0.25, -0.2) is 9.78 Å². The van der Waals surface area contributed by atoms with Gasteiger partial charge in [-0.1, -0.05) is 19.9 Å². The average molecular weight is 284 g/mol. The molecule has 0 bridgehead atoms. The third-order valence-electron chi connectivity index (χ3n) is 3.31. The smallest absolute Gasteiger partial charge is 0.322 e. The summed E-state index contributed by atoms with van der Waals surface area (Å²) in [4.78, 5) is 34.0. The molecular weight excluding hydrogens is 268 g/mol. The summed E-state index contributed by atoms with van der Waals surface area (Å²) in [7, 11) is 0. The molecule has 0 saturated carbocycles. The SMILES string of the molecule is Cc1ccc2nc3c(=O)[nH]c(=O)nc-3n(CC(C)C)c2c1. The number of fused-ring (bicyclic) bond motifs is 2. The number of rotatable bonds is 2. The number of nitrogens with one attached hydrogen (secondary N) is 1. The summed E-state index contributed by atoms with van der Waals surface area (Å²) in [6.07, 6.45) is 0. The van der Waals surface area contributed by atoms with Gasteiger partial charge >= 0.3 is 5.69 Å². The van der Waals surface area contributed by atoms with Crippen LogP contribution in [0.15, 0.2) is 27.8 Å². The molecule has 108 valence electrons. The third-order valence-corrected chi connectivity index (χ3v) is 3.31. The van der Waals surface area contributed by atoms with Crippen molar-refractivity contribution in [1.29, 1.82) is 0 Å². The van der Waals surface area contributed by atoms with E-state index in [9.17, 15) is 9.59 Å². The van der Waals surface area contributed by atoms with Gasteiger partial charge in [-0.2, -0.15) is 4.98 Å². The topological polar surface area (TPSA) is 80.6 Å². The van der Waals surface area contributed by atoms with Crippen LogP contribution in [-0.4, -0.2) is 19.5 Å². The van der Waals surface area contributed by atoms with Gasteiger partial charge in [-0.15, -0.1) is 0 Å². The van der Waals surface area contributed by atoms with Crippen LogP contribution in [-0.2, 0) is 6.54 Å². The molecule has 1 aromatic carbocycles. The zero-order chi connectivity index (χ0) is 15.1. The lowest BCUT2D eigenvalue weighted by Gasteiger charge is -2.18. The van der Waals surface area contributed by atoms with Crippen molar-refractivity contribution in [3.05, 3.63) is 44.6 Å². The Labute approximate surface area is 120 Å². The average Bonchev–Trinajstić information content (AvgIpc) is 2.39. The number of nitrogens with zero attached hydrogens (tertiary/aromatic N) is 3. The number of aryl methyl sites for hydroxylation is 1. The highest BCUT2D eigenvalue weighted by atomic mass is 16.2. The van der Waals surface area contributed by atoms with Gasteiger partial charge in [0.05, 0.1) is 11.0 Å². The zero-order valence-electron chi connectivity index (χ0n) is 12.2. The maximum atomic E-state index is 12.0. The van der Waals surface area contributed by atoms with E-state index in [1.807, 2.05) is 29.7 Å². The maximum absolute atomic E-state index is 12.0. The molecule has 0 aliphatic carbocycles. The van der Waals surface area contributed by atoms with Crippen LogP contribution in [0.3, 0.4) is 0 Å². The summed E-state index contributed by atoms with van der Waals surface area (Å²) in [5, 5.41) is 0. The Bertz CT molecular complexity index is 908. The third kappa shape index (κ3) is 2.33. The Hall–Kier alpha value is -2.50. The minimum atomic E-state index is -0.640. The van der Waals surface area contributed by atoms with Crippen molar-refractivity contribution < 1.29 is 0 Å². The van der Waals surface area contributed by atoms with Gasteiger partial charge in [0.2, 0.25) is 0 Å². The van der Waals surface area contributed by atoms with E-state index in [4.69, 9.17) is 0 Å². The van der Waals surface area contributed by atoms with E-state index in [2.05, 4.69) is 28.8 Å². The first-order valence-electron chi connectivity index (χ1n) is 6.87. The Morgan fingerprint density at radius 1 is 1.24 bits per heavy atom. The summed E-state index contributed by atoms with van der Waals surface area (Å²) in [6, 6.07) is 5.83. The monoisotopic (exact) mass is 284 g/mol. The lowest BCUT2D eigenvalue weighted by Crippen LogP contribution is -2.29. The standard InChI is InChI=1S/C15H16N4O2/c1-8(2)7-19-11-6-9(3)4-5-10(11)16-12-13(19)17-15(21)18-14(12)20/h4-6,8H,7H2,1-3H3,(H,18,20,21). The van der Waals surface area contributed by atoms with E-state index in [1.165, 1.54) is 0 Å². The fraction of sp³-hybridized carbons (Fsp3) is 0.333. The second kappa shape index (κ2) is 4.80. The molecule has 0 radical (unpaired) electrons. The van der Waals surface area contributed by atoms with Crippen molar-refractivity contribution in [2.75, 3.05) is 0 Å². The summed E-state index contributed by atoms with van der Waals surface area (Å²) in [5.74, 6) is 0.691. The number of aromatic amines is 1. The minimum Gasteiger partial charge on any atom is -0.322 e. The molecule has 0 atom stereocenters. The fourth-order valence-electron chi connectivity index (χ4n) is 2.45. The normalized spacial score (nSPS) is 11.6. The van der Waals surface area contributed by atoms with Crippen LogP contribution in [0.25, 0.3) is 22.6 Å². The molecule has 3 rings (SSSR count). The molecule has 2 heterocycles. The summed E-state index contributed by atoms with van der Waals surface area (Å²) in [6.45, 7) is 6.81. The van der Waals surface area contributed by atoms with Gasteiger partial charge in [-0.3, -0.25) is 9.78 Å². The zero-order valence-corrected chi connectivity index (χ0v) is 12.2. The molecule has 2 aliphatic rings. The molecule has 2 aliphatic heterocycles. The molecule has 0 saturated heterocycles. The van der Waals surface area contributed by atoms with Gasteiger partial charge < -0.3 is 4.57 Å². The van der Waals surface area contributed by atoms with E-state index in [1.54, 1.807) is 0 Å². The van der Waals surface area contributed by atoms with Crippen molar-refractivity contribution in [2.24, 2.45) is 5.92 Å². The summed E-state index contributed by atoms with van der Waals surface area (Å²) >= 11 is 0. The molecule has 6 heteroatoms. The lowest BCUT2D eigenvalue weighted by atomic mass is 10.1. The number of hydrogen-bond donors (Lipinski definition) is 1. The van der Waals surface area contributed by atoms with E-state index in [0.29, 0.717) is 18.3 Å². The van der Waals surface area contributed by atoms with Crippen molar-refractivity contribution >= 4 is 11.0 Å². The number of aromatic nitrogens is 4. The molecule has 0 aromatic heterocycles. The van der Waals surface area contributed by atoms with Crippen molar-refractivity contribution in [1.82, 2.24) is 19.5 Å². The van der Waals surface area contributed by atoms with E-state index >= 15 is 0 Å². The lowest BCUT2D eigenvalue weighted by molar-refractivity contribution is 0.530. The highest BCUT2D eigenvalue weighted by molar-refractivity contribution is 5.79. The van der Waals surface area contributed by atoms with Crippen LogP contribution in [0.1, 0.15) is 19.4 Å². The molecule has 1 aromatic rings. The van der Waals surface area contributed by atoms with Gasteiger partial charge in [0.25, 0.3) is 5.56 Å². The predicted molar refractivity (Wildman–Crippen MR) is 80.6 cm³/mol. The Balaban J connectivity index is 2.51. The molecule has 6 nitrogen and oxygen atoms in total. The molecule has 0 fully saturated rings. The Kier molecular flexibility index (Phi) is 3.08. The Morgan fingerprint density at radius 3 is 2.71 bits per heavy atom. The first-order valence-corrected chi connectivity index (χ1v) is 6.87. The van der Waals surface area contributed by atoms with Gasteiger partial charge in [-0.05, 0) is 30.5 Å². The fourth-order valence-corrected chi connectivity index (χ4v) is 2.45.